The van der Waals surface area contributed by atoms with Crippen LogP contribution >= 0.6 is 15.9 Å². The van der Waals surface area contributed by atoms with Gasteiger partial charge < -0.3 is 10.1 Å². The molecule has 0 aliphatic carbocycles. The van der Waals surface area contributed by atoms with Gasteiger partial charge in [-0.25, -0.2) is 0 Å². The van der Waals surface area contributed by atoms with Crippen molar-refractivity contribution in [3.05, 3.63) is 59.7 Å². The average Bonchev–Trinajstić information content (AvgIpc) is 2.49. The van der Waals surface area contributed by atoms with E-state index in [0.29, 0.717) is 17.9 Å². The molecule has 1 N–H and O–H groups in total. The van der Waals surface area contributed by atoms with E-state index >= 15 is 0 Å². The van der Waals surface area contributed by atoms with E-state index in [-0.39, 0.29) is 5.91 Å². The van der Waals surface area contributed by atoms with Crippen LogP contribution in [0.1, 0.15) is 22.8 Å². The van der Waals surface area contributed by atoms with Gasteiger partial charge in [0.2, 0.25) is 0 Å². The Bertz CT molecular complexity index is 581. The minimum absolute atomic E-state index is 0.166. The van der Waals surface area contributed by atoms with E-state index in [4.69, 9.17) is 4.74 Å². The van der Waals surface area contributed by atoms with Crippen LogP contribution in [0, 0.1) is 0 Å². The molecule has 2 aromatic rings. The number of nitrogens with one attached hydrogen (secondary N) is 1. The summed E-state index contributed by atoms with van der Waals surface area (Å²) in [5.74, 6) is 0.435. The average molecular weight is 334 g/mol. The third kappa shape index (κ3) is 3.61. The molecular formula is C16H16BrNO2. The second kappa shape index (κ2) is 7.10. The van der Waals surface area contributed by atoms with Gasteiger partial charge in [0.05, 0.1) is 12.2 Å². The number of alkyl halides is 1. The molecule has 0 unspecified atom stereocenters. The number of rotatable bonds is 5. The molecule has 0 bridgehead atoms. The summed E-state index contributed by atoms with van der Waals surface area (Å²) < 4.78 is 5.47. The largest absolute Gasteiger partial charge is 0.493 e. The molecule has 2 rings (SSSR count). The monoisotopic (exact) mass is 333 g/mol. The Balaban J connectivity index is 2.15. The highest BCUT2D eigenvalue weighted by molar-refractivity contribution is 9.08. The maximum atomic E-state index is 12.3. The van der Waals surface area contributed by atoms with E-state index in [1.165, 1.54) is 0 Å². The van der Waals surface area contributed by atoms with Crippen molar-refractivity contribution >= 4 is 27.5 Å². The molecule has 1 amide bonds. The van der Waals surface area contributed by atoms with Crippen LogP contribution < -0.4 is 10.1 Å². The molecule has 0 spiro atoms. The molecule has 2 aromatic carbocycles. The number of amides is 1. The van der Waals surface area contributed by atoms with Crippen molar-refractivity contribution in [2.45, 2.75) is 12.3 Å². The van der Waals surface area contributed by atoms with Crippen molar-refractivity contribution in [2.24, 2.45) is 0 Å². The summed E-state index contributed by atoms with van der Waals surface area (Å²) in [5, 5.41) is 3.67. The second-order valence-corrected chi connectivity index (χ2v) is 4.77. The topological polar surface area (TPSA) is 38.3 Å². The SMILES string of the molecule is CCOc1ccccc1C(=O)Nc1ccc(CBr)cc1. The fourth-order valence-corrected chi connectivity index (χ4v) is 2.19. The molecule has 0 saturated carbocycles. The number of benzene rings is 2. The van der Waals surface area contributed by atoms with Crippen molar-refractivity contribution < 1.29 is 9.53 Å². The summed E-state index contributed by atoms with van der Waals surface area (Å²) in [7, 11) is 0. The summed E-state index contributed by atoms with van der Waals surface area (Å²) in [6.45, 7) is 2.43. The number of carbonyl (C=O) groups is 1. The van der Waals surface area contributed by atoms with Gasteiger partial charge in [0.15, 0.2) is 0 Å². The van der Waals surface area contributed by atoms with Crippen molar-refractivity contribution in [1.82, 2.24) is 0 Å². The van der Waals surface area contributed by atoms with E-state index in [9.17, 15) is 4.79 Å². The van der Waals surface area contributed by atoms with Gasteiger partial charge in [-0.1, -0.05) is 40.2 Å². The number of carbonyl (C=O) groups excluding carboxylic acids is 1. The van der Waals surface area contributed by atoms with Gasteiger partial charge in [-0.2, -0.15) is 0 Å². The summed E-state index contributed by atoms with van der Waals surface area (Å²) >= 11 is 3.39. The van der Waals surface area contributed by atoms with Gasteiger partial charge in [-0.15, -0.1) is 0 Å². The Morgan fingerprint density at radius 2 is 1.85 bits per heavy atom. The minimum Gasteiger partial charge on any atom is -0.493 e. The minimum atomic E-state index is -0.166. The molecule has 0 heterocycles. The van der Waals surface area contributed by atoms with Crippen LogP contribution in [0.4, 0.5) is 5.69 Å². The first-order chi connectivity index (χ1) is 9.74. The van der Waals surface area contributed by atoms with E-state index < -0.39 is 0 Å². The standard InChI is InChI=1S/C16H16BrNO2/c1-2-20-15-6-4-3-5-14(15)16(19)18-13-9-7-12(11-17)8-10-13/h3-10H,2,11H2,1H3,(H,18,19). The molecule has 0 saturated heterocycles. The third-order valence-electron chi connectivity index (χ3n) is 2.80. The molecule has 104 valence electrons. The van der Waals surface area contributed by atoms with Crippen LogP contribution in [-0.4, -0.2) is 12.5 Å². The lowest BCUT2D eigenvalue weighted by molar-refractivity contribution is 0.102. The predicted octanol–water partition coefficient (Wildman–Crippen LogP) is 4.23. The number of hydrogen-bond donors (Lipinski definition) is 1. The number of hydrogen-bond acceptors (Lipinski definition) is 2. The highest BCUT2D eigenvalue weighted by atomic mass is 79.9. The Morgan fingerprint density at radius 3 is 2.50 bits per heavy atom. The lowest BCUT2D eigenvalue weighted by Gasteiger charge is -2.10. The molecule has 0 aliphatic heterocycles. The molecule has 3 nitrogen and oxygen atoms in total. The quantitative estimate of drug-likeness (QED) is 0.831. The van der Waals surface area contributed by atoms with Crippen LogP contribution in [0.3, 0.4) is 0 Å². The second-order valence-electron chi connectivity index (χ2n) is 4.21. The summed E-state index contributed by atoms with van der Waals surface area (Å²) in [6, 6.07) is 14.9. The van der Waals surface area contributed by atoms with Gasteiger partial charge in [-0.05, 0) is 36.8 Å². The predicted molar refractivity (Wildman–Crippen MR) is 84.6 cm³/mol. The van der Waals surface area contributed by atoms with Crippen LogP contribution in [0.15, 0.2) is 48.5 Å². The smallest absolute Gasteiger partial charge is 0.259 e. The highest BCUT2D eigenvalue weighted by Crippen LogP contribution is 2.20. The van der Waals surface area contributed by atoms with Gasteiger partial charge >= 0.3 is 0 Å². The van der Waals surface area contributed by atoms with Crippen LogP contribution in [0.5, 0.6) is 5.75 Å². The fraction of sp³-hybridized carbons (Fsp3) is 0.188. The zero-order chi connectivity index (χ0) is 14.4. The molecule has 0 aliphatic rings. The number of para-hydroxylation sites is 1. The Morgan fingerprint density at radius 1 is 1.15 bits per heavy atom. The highest BCUT2D eigenvalue weighted by Gasteiger charge is 2.11. The first-order valence-corrected chi connectivity index (χ1v) is 7.55. The van der Waals surface area contributed by atoms with Crippen molar-refractivity contribution in [1.29, 1.82) is 0 Å². The zero-order valence-electron chi connectivity index (χ0n) is 11.2. The third-order valence-corrected chi connectivity index (χ3v) is 3.45. The Hall–Kier alpha value is -1.81. The van der Waals surface area contributed by atoms with E-state index in [1.54, 1.807) is 12.1 Å². The molecule has 0 radical (unpaired) electrons. The number of anilines is 1. The molecule has 20 heavy (non-hydrogen) atoms. The number of halogens is 1. The summed E-state index contributed by atoms with van der Waals surface area (Å²) in [6.07, 6.45) is 0. The first kappa shape index (κ1) is 14.6. The molecule has 0 aromatic heterocycles. The molecular weight excluding hydrogens is 318 g/mol. The summed E-state index contributed by atoms with van der Waals surface area (Å²) in [4.78, 5) is 12.3. The molecule has 0 atom stereocenters. The number of ether oxygens (including phenoxy) is 1. The van der Waals surface area contributed by atoms with Gasteiger partial charge in [0.25, 0.3) is 5.91 Å². The Labute approximate surface area is 127 Å². The van der Waals surface area contributed by atoms with Gasteiger partial charge in [0.1, 0.15) is 5.75 Å². The van der Waals surface area contributed by atoms with E-state index in [1.807, 2.05) is 43.3 Å². The van der Waals surface area contributed by atoms with Crippen LogP contribution in [0.2, 0.25) is 0 Å². The van der Waals surface area contributed by atoms with Crippen molar-refractivity contribution in [3.8, 4) is 5.75 Å². The van der Waals surface area contributed by atoms with Crippen LogP contribution in [0.25, 0.3) is 0 Å². The zero-order valence-corrected chi connectivity index (χ0v) is 12.8. The van der Waals surface area contributed by atoms with Crippen molar-refractivity contribution in [3.63, 3.8) is 0 Å². The fourth-order valence-electron chi connectivity index (χ4n) is 1.81. The molecule has 4 heteroatoms. The van der Waals surface area contributed by atoms with Gasteiger partial charge in [0, 0.05) is 11.0 Å². The normalized spacial score (nSPS) is 10.1. The van der Waals surface area contributed by atoms with E-state index in [0.717, 1.165) is 16.6 Å². The first-order valence-electron chi connectivity index (χ1n) is 6.42. The van der Waals surface area contributed by atoms with E-state index in [2.05, 4.69) is 21.2 Å². The maximum absolute atomic E-state index is 12.3. The van der Waals surface area contributed by atoms with Gasteiger partial charge in [-0.3, -0.25) is 4.79 Å². The summed E-state index contributed by atoms with van der Waals surface area (Å²) in [5.41, 5.74) is 2.47. The lowest BCUT2D eigenvalue weighted by atomic mass is 10.1. The maximum Gasteiger partial charge on any atom is 0.259 e. The molecule has 0 fully saturated rings. The lowest BCUT2D eigenvalue weighted by Crippen LogP contribution is -2.13. The van der Waals surface area contributed by atoms with Crippen LogP contribution in [-0.2, 0) is 5.33 Å². The van der Waals surface area contributed by atoms with Crippen molar-refractivity contribution in [2.75, 3.05) is 11.9 Å². The Kier molecular flexibility index (Phi) is 5.18.